The van der Waals surface area contributed by atoms with E-state index in [9.17, 15) is 4.79 Å². The number of nitrogens with two attached hydrogens (primary N) is 1. The monoisotopic (exact) mass is 180 g/mol. The number of carbonyl (C=O) groups is 1. The maximum atomic E-state index is 11.2. The Kier molecular flexibility index (Phi) is 3.42. The Morgan fingerprint density at radius 2 is 2.23 bits per heavy atom. The van der Waals surface area contributed by atoms with Gasteiger partial charge in [0.25, 0.3) is 0 Å². The van der Waals surface area contributed by atoms with Crippen LogP contribution in [0.4, 0.5) is 0 Å². The van der Waals surface area contributed by atoms with Gasteiger partial charge in [-0.3, -0.25) is 11.3 Å². The number of carbonyl (C=O) groups excluding carboxylic acids is 1. The molecule has 0 radical (unpaired) electrons. The van der Waals surface area contributed by atoms with Crippen molar-refractivity contribution < 1.29 is 9.53 Å². The third kappa shape index (κ3) is 2.27. The average molecular weight is 180 g/mol. The van der Waals surface area contributed by atoms with Gasteiger partial charge >= 0.3 is 5.97 Å². The Morgan fingerprint density at radius 1 is 1.54 bits per heavy atom. The minimum Gasteiger partial charge on any atom is -0.465 e. The van der Waals surface area contributed by atoms with Crippen LogP contribution in [0.15, 0.2) is 24.3 Å². The van der Waals surface area contributed by atoms with E-state index < -0.39 is 0 Å². The summed E-state index contributed by atoms with van der Waals surface area (Å²) in [5.74, 6) is 4.83. The van der Waals surface area contributed by atoms with Crippen molar-refractivity contribution >= 4 is 5.97 Å². The van der Waals surface area contributed by atoms with Crippen LogP contribution in [0.5, 0.6) is 0 Å². The average Bonchev–Trinajstić information content (AvgIpc) is 2.18. The molecule has 0 amide bonds. The van der Waals surface area contributed by atoms with Crippen LogP contribution in [-0.4, -0.2) is 13.1 Å². The number of hydrogen-bond donors (Lipinski definition) is 2. The molecule has 0 aliphatic heterocycles. The Labute approximate surface area is 76.7 Å². The summed E-state index contributed by atoms with van der Waals surface area (Å²) in [6, 6.07) is 7.16. The molecular formula is C9H12N2O2. The van der Waals surface area contributed by atoms with Gasteiger partial charge in [-0.2, -0.15) is 0 Å². The van der Waals surface area contributed by atoms with E-state index in [2.05, 4.69) is 10.2 Å². The predicted molar refractivity (Wildman–Crippen MR) is 48.8 cm³/mol. The van der Waals surface area contributed by atoms with E-state index in [0.29, 0.717) is 12.1 Å². The third-order valence-electron chi connectivity index (χ3n) is 1.72. The van der Waals surface area contributed by atoms with Crippen molar-refractivity contribution in [3.8, 4) is 0 Å². The van der Waals surface area contributed by atoms with E-state index in [4.69, 9.17) is 5.84 Å². The van der Waals surface area contributed by atoms with Gasteiger partial charge in [0.05, 0.1) is 12.7 Å². The van der Waals surface area contributed by atoms with Crippen LogP contribution in [0.1, 0.15) is 15.9 Å². The Balaban J connectivity index is 2.97. The second kappa shape index (κ2) is 4.59. The standard InChI is InChI=1S/C9H12N2O2/c1-13-9(12)8-5-3-2-4-7(8)6-11-10/h2-5,11H,6,10H2,1H3. The normalized spacial score (nSPS) is 9.69. The highest BCUT2D eigenvalue weighted by Gasteiger charge is 2.09. The largest absolute Gasteiger partial charge is 0.465 e. The fourth-order valence-electron chi connectivity index (χ4n) is 1.09. The summed E-state index contributed by atoms with van der Waals surface area (Å²) in [4.78, 5) is 11.2. The summed E-state index contributed by atoms with van der Waals surface area (Å²) < 4.78 is 4.62. The second-order valence-corrected chi connectivity index (χ2v) is 2.53. The van der Waals surface area contributed by atoms with Gasteiger partial charge < -0.3 is 4.74 Å². The molecule has 1 aromatic carbocycles. The zero-order valence-corrected chi connectivity index (χ0v) is 7.41. The van der Waals surface area contributed by atoms with Gasteiger partial charge in [-0.1, -0.05) is 18.2 Å². The van der Waals surface area contributed by atoms with Gasteiger partial charge in [0, 0.05) is 6.54 Å². The minimum absolute atomic E-state index is 0.342. The van der Waals surface area contributed by atoms with Crippen molar-refractivity contribution in [1.29, 1.82) is 0 Å². The highest BCUT2D eigenvalue weighted by atomic mass is 16.5. The lowest BCUT2D eigenvalue weighted by Gasteiger charge is -2.05. The number of rotatable bonds is 3. The molecule has 13 heavy (non-hydrogen) atoms. The number of methoxy groups -OCH3 is 1. The Bertz CT molecular complexity index is 299. The molecule has 4 heteroatoms. The van der Waals surface area contributed by atoms with Crippen LogP contribution >= 0.6 is 0 Å². The summed E-state index contributed by atoms with van der Waals surface area (Å²) >= 11 is 0. The van der Waals surface area contributed by atoms with Crippen molar-refractivity contribution in [2.75, 3.05) is 7.11 Å². The second-order valence-electron chi connectivity index (χ2n) is 2.53. The number of hydrogen-bond acceptors (Lipinski definition) is 4. The summed E-state index contributed by atoms with van der Waals surface area (Å²) in [7, 11) is 1.36. The molecule has 3 N–H and O–H groups in total. The Hall–Kier alpha value is -1.39. The highest BCUT2D eigenvalue weighted by molar-refractivity contribution is 5.90. The zero-order valence-electron chi connectivity index (χ0n) is 7.41. The molecule has 1 rings (SSSR count). The van der Waals surface area contributed by atoms with Gasteiger partial charge in [0.1, 0.15) is 0 Å². The van der Waals surface area contributed by atoms with E-state index in [1.165, 1.54) is 7.11 Å². The van der Waals surface area contributed by atoms with Crippen molar-refractivity contribution in [1.82, 2.24) is 5.43 Å². The maximum absolute atomic E-state index is 11.2. The predicted octanol–water partition coefficient (Wildman–Crippen LogP) is 0.437. The fraction of sp³-hybridized carbons (Fsp3) is 0.222. The highest BCUT2D eigenvalue weighted by Crippen LogP contribution is 2.09. The fourth-order valence-corrected chi connectivity index (χ4v) is 1.09. The lowest BCUT2D eigenvalue weighted by Crippen LogP contribution is -2.22. The lowest BCUT2D eigenvalue weighted by atomic mass is 10.1. The number of benzene rings is 1. The summed E-state index contributed by atoms with van der Waals surface area (Å²) in [6.07, 6.45) is 0. The number of hydrazine groups is 1. The van der Waals surface area contributed by atoms with Gasteiger partial charge in [-0.25, -0.2) is 4.79 Å². The lowest BCUT2D eigenvalue weighted by molar-refractivity contribution is 0.0599. The first-order valence-corrected chi connectivity index (χ1v) is 3.89. The molecule has 1 aromatic rings. The number of ether oxygens (including phenoxy) is 1. The quantitative estimate of drug-likeness (QED) is 0.402. The van der Waals surface area contributed by atoms with E-state index >= 15 is 0 Å². The molecule has 0 heterocycles. The summed E-state index contributed by atoms with van der Waals surface area (Å²) in [5, 5.41) is 0. The number of nitrogens with one attached hydrogen (secondary N) is 1. The van der Waals surface area contributed by atoms with Crippen LogP contribution in [0.25, 0.3) is 0 Å². The molecular weight excluding hydrogens is 168 g/mol. The molecule has 0 saturated carbocycles. The molecule has 0 unspecified atom stereocenters. The molecule has 0 saturated heterocycles. The van der Waals surface area contributed by atoms with Crippen molar-refractivity contribution in [3.05, 3.63) is 35.4 Å². The SMILES string of the molecule is COC(=O)c1ccccc1CNN. The minimum atomic E-state index is -0.342. The molecule has 0 aromatic heterocycles. The molecule has 4 nitrogen and oxygen atoms in total. The van der Waals surface area contributed by atoms with E-state index in [0.717, 1.165) is 5.56 Å². The van der Waals surface area contributed by atoms with Crippen LogP contribution in [-0.2, 0) is 11.3 Å². The van der Waals surface area contributed by atoms with Gasteiger partial charge in [0.15, 0.2) is 0 Å². The third-order valence-corrected chi connectivity index (χ3v) is 1.72. The maximum Gasteiger partial charge on any atom is 0.338 e. The van der Waals surface area contributed by atoms with Crippen molar-refractivity contribution in [3.63, 3.8) is 0 Å². The van der Waals surface area contributed by atoms with Crippen LogP contribution in [0.3, 0.4) is 0 Å². The van der Waals surface area contributed by atoms with Crippen LogP contribution in [0.2, 0.25) is 0 Å². The van der Waals surface area contributed by atoms with Gasteiger partial charge in [0.2, 0.25) is 0 Å². The smallest absolute Gasteiger partial charge is 0.338 e. The van der Waals surface area contributed by atoms with Gasteiger partial charge in [-0.05, 0) is 11.6 Å². The van der Waals surface area contributed by atoms with E-state index in [-0.39, 0.29) is 5.97 Å². The summed E-state index contributed by atoms with van der Waals surface area (Å²) in [5.41, 5.74) is 3.87. The van der Waals surface area contributed by atoms with Gasteiger partial charge in [-0.15, -0.1) is 0 Å². The van der Waals surface area contributed by atoms with Crippen molar-refractivity contribution in [2.45, 2.75) is 6.54 Å². The first-order chi connectivity index (χ1) is 6.29. The first-order valence-electron chi connectivity index (χ1n) is 3.89. The van der Waals surface area contributed by atoms with Crippen LogP contribution < -0.4 is 11.3 Å². The molecule has 0 atom stereocenters. The van der Waals surface area contributed by atoms with E-state index in [1.54, 1.807) is 12.1 Å². The molecule has 0 aliphatic rings. The molecule has 70 valence electrons. The summed E-state index contributed by atoms with van der Waals surface area (Å²) in [6.45, 7) is 0.450. The number of esters is 1. The van der Waals surface area contributed by atoms with E-state index in [1.807, 2.05) is 12.1 Å². The molecule has 0 fully saturated rings. The molecule has 0 bridgehead atoms. The molecule has 0 spiro atoms. The molecule has 0 aliphatic carbocycles. The van der Waals surface area contributed by atoms with Crippen molar-refractivity contribution in [2.24, 2.45) is 5.84 Å². The van der Waals surface area contributed by atoms with Crippen LogP contribution in [0, 0.1) is 0 Å². The Morgan fingerprint density at radius 3 is 2.85 bits per heavy atom. The zero-order chi connectivity index (χ0) is 9.68. The first kappa shape index (κ1) is 9.70. The topological polar surface area (TPSA) is 64.3 Å².